The number of nitrogens with zero attached hydrogens (tertiary/aromatic N) is 2. The van der Waals surface area contributed by atoms with Crippen LogP contribution in [0.3, 0.4) is 0 Å². The summed E-state index contributed by atoms with van der Waals surface area (Å²) < 4.78 is 38.2. The van der Waals surface area contributed by atoms with Crippen molar-refractivity contribution in [1.29, 1.82) is 0 Å². The molecule has 0 bridgehead atoms. The average molecular weight is 452 g/mol. The van der Waals surface area contributed by atoms with Crippen LogP contribution in [0, 0.1) is 5.82 Å². The Morgan fingerprint density at radius 1 is 1.07 bits per heavy atom. The summed E-state index contributed by atoms with van der Waals surface area (Å²) in [5.41, 5.74) is 0.805. The van der Waals surface area contributed by atoms with E-state index in [0.717, 1.165) is 29.5 Å². The summed E-state index contributed by atoms with van der Waals surface area (Å²) in [5, 5.41) is 11.0. The molecule has 3 aromatic rings. The number of rotatable bonds is 7. The summed E-state index contributed by atoms with van der Waals surface area (Å²) in [6.07, 6.45) is 0. The number of thioether (sulfide) groups is 1. The minimum absolute atomic E-state index is 0.0785. The summed E-state index contributed by atoms with van der Waals surface area (Å²) in [7, 11) is -3.97. The van der Waals surface area contributed by atoms with Crippen LogP contribution in [0.4, 0.5) is 4.39 Å². The van der Waals surface area contributed by atoms with Gasteiger partial charge in [0.2, 0.25) is 15.7 Å². The molecule has 1 heterocycles. The standard InChI is InChI=1S/C19H15ClFN3O3S2/c20-16-7-2-1-4-13(16)11-22-17(25)12-28-18-8-9-19(24-23-18)29(26,27)15-6-3-5-14(21)10-15/h1-10H,11-12H2,(H,22,25). The molecule has 1 aromatic heterocycles. The molecule has 0 aliphatic carbocycles. The number of carbonyl (C=O) groups excluding carboxylic acids is 1. The van der Waals surface area contributed by atoms with Crippen LogP contribution in [0.1, 0.15) is 5.56 Å². The maximum absolute atomic E-state index is 13.3. The highest BCUT2D eigenvalue weighted by molar-refractivity contribution is 7.99. The van der Waals surface area contributed by atoms with Gasteiger partial charge in [0.1, 0.15) is 10.8 Å². The predicted octanol–water partition coefficient (Wildman–Crippen LogP) is 3.51. The van der Waals surface area contributed by atoms with E-state index in [1.165, 1.54) is 24.3 Å². The fourth-order valence-electron chi connectivity index (χ4n) is 2.31. The second kappa shape index (κ2) is 9.34. The average Bonchev–Trinajstić information content (AvgIpc) is 2.72. The zero-order valence-corrected chi connectivity index (χ0v) is 17.3. The smallest absolute Gasteiger partial charge is 0.230 e. The van der Waals surface area contributed by atoms with Gasteiger partial charge in [-0.2, -0.15) is 0 Å². The molecule has 0 atom stereocenters. The fourth-order valence-corrected chi connectivity index (χ4v) is 4.32. The van der Waals surface area contributed by atoms with Crippen LogP contribution in [0.5, 0.6) is 0 Å². The molecule has 1 amide bonds. The molecule has 0 saturated carbocycles. The third kappa shape index (κ3) is 5.53. The predicted molar refractivity (Wildman–Crippen MR) is 108 cm³/mol. The number of hydrogen-bond acceptors (Lipinski definition) is 6. The molecule has 0 aliphatic heterocycles. The lowest BCUT2D eigenvalue weighted by atomic mass is 10.2. The Kier molecular flexibility index (Phi) is 6.83. The van der Waals surface area contributed by atoms with Crippen LogP contribution in [-0.4, -0.2) is 30.3 Å². The van der Waals surface area contributed by atoms with E-state index in [0.29, 0.717) is 16.6 Å². The molecule has 2 aromatic carbocycles. The van der Waals surface area contributed by atoms with Crippen molar-refractivity contribution >= 4 is 39.1 Å². The van der Waals surface area contributed by atoms with E-state index < -0.39 is 15.7 Å². The number of sulfone groups is 1. The summed E-state index contributed by atoms with van der Waals surface area (Å²) in [6, 6.07) is 14.6. The molecule has 6 nitrogen and oxygen atoms in total. The normalized spacial score (nSPS) is 11.2. The van der Waals surface area contributed by atoms with Gasteiger partial charge in [-0.15, -0.1) is 10.2 Å². The van der Waals surface area contributed by atoms with E-state index in [2.05, 4.69) is 15.5 Å². The third-order valence-corrected chi connectivity index (χ3v) is 6.71. The number of amides is 1. The van der Waals surface area contributed by atoms with Gasteiger partial charge in [0.25, 0.3) is 0 Å². The molecular weight excluding hydrogens is 437 g/mol. The molecule has 3 rings (SSSR count). The maximum atomic E-state index is 13.3. The Hall–Kier alpha value is -2.49. The first-order valence-corrected chi connectivity index (χ1v) is 11.2. The van der Waals surface area contributed by atoms with E-state index in [1.807, 2.05) is 12.1 Å². The van der Waals surface area contributed by atoms with Crippen molar-refractivity contribution in [1.82, 2.24) is 15.5 Å². The number of halogens is 2. The summed E-state index contributed by atoms with van der Waals surface area (Å²) >= 11 is 7.15. The number of carbonyl (C=O) groups is 1. The zero-order chi connectivity index (χ0) is 20.9. The Balaban J connectivity index is 1.58. The molecule has 0 spiro atoms. The molecule has 0 unspecified atom stereocenters. The highest BCUT2D eigenvalue weighted by Crippen LogP contribution is 2.21. The van der Waals surface area contributed by atoms with E-state index in [1.54, 1.807) is 12.1 Å². The molecule has 29 heavy (non-hydrogen) atoms. The molecule has 0 fully saturated rings. The van der Waals surface area contributed by atoms with Crippen LogP contribution >= 0.6 is 23.4 Å². The lowest BCUT2D eigenvalue weighted by molar-refractivity contribution is -0.118. The molecule has 150 valence electrons. The van der Waals surface area contributed by atoms with Gasteiger partial charge in [0, 0.05) is 11.6 Å². The van der Waals surface area contributed by atoms with Crippen LogP contribution in [0.15, 0.2) is 75.6 Å². The van der Waals surface area contributed by atoms with Gasteiger partial charge in [-0.25, -0.2) is 12.8 Å². The van der Waals surface area contributed by atoms with E-state index in [9.17, 15) is 17.6 Å². The van der Waals surface area contributed by atoms with Gasteiger partial charge in [-0.1, -0.05) is 47.6 Å². The van der Waals surface area contributed by atoms with Gasteiger partial charge in [-0.05, 0) is 42.0 Å². The lowest BCUT2D eigenvalue weighted by Gasteiger charge is -2.07. The molecule has 1 N–H and O–H groups in total. The highest BCUT2D eigenvalue weighted by Gasteiger charge is 2.20. The SMILES string of the molecule is O=C(CSc1ccc(S(=O)(=O)c2cccc(F)c2)nn1)NCc1ccccc1Cl. The van der Waals surface area contributed by atoms with Gasteiger partial charge in [-0.3, -0.25) is 4.79 Å². The van der Waals surface area contributed by atoms with Gasteiger partial charge in [0.15, 0.2) is 5.03 Å². The first kappa shape index (κ1) is 21.2. The fraction of sp³-hybridized carbons (Fsp3) is 0.105. The third-order valence-electron chi connectivity index (χ3n) is 3.78. The van der Waals surface area contributed by atoms with Crippen molar-refractivity contribution in [2.24, 2.45) is 0 Å². The van der Waals surface area contributed by atoms with E-state index in [4.69, 9.17) is 11.6 Å². The number of hydrogen-bond donors (Lipinski definition) is 1. The van der Waals surface area contributed by atoms with Crippen molar-refractivity contribution in [3.05, 3.63) is 77.1 Å². The first-order valence-electron chi connectivity index (χ1n) is 8.33. The highest BCUT2D eigenvalue weighted by atomic mass is 35.5. The maximum Gasteiger partial charge on any atom is 0.230 e. The minimum Gasteiger partial charge on any atom is -0.351 e. The molecule has 0 aliphatic rings. The first-order chi connectivity index (χ1) is 13.9. The second-order valence-corrected chi connectivity index (χ2v) is 9.13. The van der Waals surface area contributed by atoms with E-state index in [-0.39, 0.29) is 21.6 Å². The van der Waals surface area contributed by atoms with Crippen molar-refractivity contribution in [3.8, 4) is 0 Å². The van der Waals surface area contributed by atoms with Crippen molar-refractivity contribution in [2.75, 3.05) is 5.75 Å². The second-order valence-electron chi connectivity index (χ2n) is 5.83. The summed E-state index contributed by atoms with van der Waals surface area (Å²) in [5.74, 6) is -0.808. The molecular formula is C19H15ClFN3O3S2. The van der Waals surface area contributed by atoms with E-state index >= 15 is 0 Å². The largest absolute Gasteiger partial charge is 0.351 e. The van der Waals surface area contributed by atoms with Crippen LogP contribution in [0.2, 0.25) is 5.02 Å². The summed E-state index contributed by atoms with van der Waals surface area (Å²) in [4.78, 5) is 11.8. The monoisotopic (exact) mass is 451 g/mol. The van der Waals surface area contributed by atoms with Crippen LogP contribution in [0.25, 0.3) is 0 Å². The number of benzene rings is 2. The number of aromatic nitrogens is 2. The minimum atomic E-state index is -3.97. The molecule has 10 heteroatoms. The van der Waals surface area contributed by atoms with Gasteiger partial charge in [0.05, 0.1) is 10.6 Å². The van der Waals surface area contributed by atoms with Gasteiger partial charge < -0.3 is 5.32 Å². The number of nitrogens with one attached hydrogen (secondary N) is 1. The van der Waals surface area contributed by atoms with Crippen LogP contribution < -0.4 is 5.32 Å². The lowest BCUT2D eigenvalue weighted by Crippen LogP contribution is -2.24. The zero-order valence-electron chi connectivity index (χ0n) is 14.9. The Morgan fingerprint density at radius 2 is 1.86 bits per heavy atom. The molecule has 0 radical (unpaired) electrons. The Labute approximate surface area is 176 Å². The topological polar surface area (TPSA) is 89.0 Å². The quantitative estimate of drug-likeness (QED) is 0.553. The van der Waals surface area contributed by atoms with Crippen molar-refractivity contribution < 1.29 is 17.6 Å². The molecule has 0 saturated heterocycles. The van der Waals surface area contributed by atoms with Crippen molar-refractivity contribution in [2.45, 2.75) is 21.5 Å². The van der Waals surface area contributed by atoms with Crippen LogP contribution in [-0.2, 0) is 21.2 Å². The van der Waals surface area contributed by atoms with Crippen molar-refractivity contribution in [3.63, 3.8) is 0 Å². The summed E-state index contributed by atoms with van der Waals surface area (Å²) in [6.45, 7) is 0.301. The Bertz CT molecular complexity index is 1130. The Morgan fingerprint density at radius 3 is 2.55 bits per heavy atom. The van der Waals surface area contributed by atoms with Gasteiger partial charge >= 0.3 is 0 Å².